The molecule has 4 heteroatoms. The summed E-state index contributed by atoms with van der Waals surface area (Å²) < 4.78 is 5.62. The van der Waals surface area contributed by atoms with E-state index >= 15 is 0 Å². The summed E-state index contributed by atoms with van der Waals surface area (Å²) >= 11 is 0. The number of carbonyl (C=O) groups is 1. The molecule has 0 radical (unpaired) electrons. The van der Waals surface area contributed by atoms with Crippen molar-refractivity contribution < 1.29 is 9.53 Å². The lowest BCUT2D eigenvalue weighted by Gasteiger charge is -2.34. The Morgan fingerprint density at radius 1 is 1.33 bits per heavy atom. The summed E-state index contributed by atoms with van der Waals surface area (Å²) in [5.74, 6) is 0.166. The molecule has 2 atom stereocenters. The number of carbonyl (C=O) groups excluding carboxylic acids is 1. The van der Waals surface area contributed by atoms with Gasteiger partial charge in [-0.1, -0.05) is 0 Å². The summed E-state index contributed by atoms with van der Waals surface area (Å²) in [4.78, 5) is 13.8. The van der Waals surface area contributed by atoms with E-state index in [1.54, 1.807) is 0 Å². The third-order valence-electron chi connectivity index (χ3n) is 2.80. The standard InChI is InChI=1S/C11H20N2O2/c1-8-5-13(6-9(2)15-8)7-11(14)12-10-3-4-10/h8-10H,3-7H2,1-2H3,(H,12,14)/t8-,9-/m0/s1. The maximum absolute atomic E-state index is 11.6. The van der Waals surface area contributed by atoms with Gasteiger partial charge < -0.3 is 10.1 Å². The molecule has 0 aromatic heterocycles. The highest BCUT2D eigenvalue weighted by Gasteiger charge is 2.27. The number of nitrogens with one attached hydrogen (secondary N) is 1. The second kappa shape index (κ2) is 4.49. The third kappa shape index (κ3) is 3.47. The fourth-order valence-corrected chi connectivity index (χ4v) is 2.12. The van der Waals surface area contributed by atoms with Crippen LogP contribution in [0.15, 0.2) is 0 Å². The minimum Gasteiger partial charge on any atom is -0.373 e. The molecule has 0 spiro atoms. The van der Waals surface area contributed by atoms with Crippen LogP contribution in [0.4, 0.5) is 0 Å². The van der Waals surface area contributed by atoms with E-state index in [0.717, 1.165) is 25.9 Å². The van der Waals surface area contributed by atoms with Crippen LogP contribution in [0.25, 0.3) is 0 Å². The molecule has 1 aliphatic carbocycles. The number of ether oxygens (including phenoxy) is 1. The van der Waals surface area contributed by atoms with Gasteiger partial charge in [0, 0.05) is 19.1 Å². The highest BCUT2D eigenvalue weighted by molar-refractivity contribution is 5.78. The zero-order valence-electron chi connectivity index (χ0n) is 9.53. The van der Waals surface area contributed by atoms with E-state index in [2.05, 4.69) is 24.1 Å². The van der Waals surface area contributed by atoms with Crippen LogP contribution in [-0.2, 0) is 9.53 Å². The predicted octanol–water partition coefficient (Wildman–Crippen LogP) is 0.374. The van der Waals surface area contributed by atoms with Gasteiger partial charge in [-0.15, -0.1) is 0 Å². The van der Waals surface area contributed by atoms with Gasteiger partial charge in [-0.2, -0.15) is 0 Å². The molecular formula is C11H20N2O2. The SMILES string of the molecule is C[C@H]1CN(CC(=O)NC2CC2)C[C@H](C)O1. The highest BCUT2D eigenvalue weighted by atomic mass is 16.5. The molecule has 1 N–H and O–H groups in total. The number of morpholine rings is 1. The first kappa shape index (κ1) is 10.9. The molecule has 1 amide bonds. The Bertz CT molecular complexity index is 231. The van der Waals surface area contributed by atoms with Gasteiger partial charge in [0.05, 0.1) is 18.8 Å². The molecule has 1 saturated heterocycles. The van der Waals surface area contributed by atoms with Crippen LogP contribution in [0.2, 0.25) is 0 Å². The van der Waals surface area contributed by atoms with Gasteiger partial charge in [0.1, 0.15) is 0 Å². The van der Waals surface area contributed by atoms with E-state index in [1.807, 2.05) is 0 Å². The van der Waals surface area contributed by atoms with E-state index in [-0.39, 0.29) is 18.1 Å². The average molecular weight is 212 g/mol. The molecule has 0 unspecified atom stereocenters. The first-order chi connectivity index (χ1) is 7.13. The van der Waals surface area contributed by atoms with Gasteiger partial charge in [0.15, 0.2) is 0 Å². The Morgan fingerprint density at radius 3 is 2.47 bits per heavy atom. The normalized spacial score (nSPS) is 32.7. The van der Waals surface area contributed by atoms with Crippen molar-refractivity contribution in [3.05, 3.63) is 0 Å². The molecule has 2 fully saturated rings. The summed E-state index contributed by atoms with van der Waals surface area (Å²) in [6.45, 7) is 6.36. The van der Waals surface area contributed by atoms with Gasteiger partial charge in [0.2, 0.25) is 5.91 Å². The van der Waals surface area contributed by atoms with Crippen molar-refractivity contribution in [1.82, 2.24) is 10.2 Å². The molecule has 0 bridgehead atoms. The fraction of sp³-hybridized carbons (Fsp3) is 0.909. The smallest absolute Gasteiger partial charge is 0.234 e. The van der Waals surface area contributed by atoms with E-state index in [1.165, 1.54) is 0 Å². The van der Waals surface area contributed by atoms with Crippen molar-refractivity contribution in [2.45, 2.75) is 44.9 Å². The fourth-order valence-electron chi connectivity index (χ4n) is 2.12. The molecule has 1 heterocycles. The van der Waals surface area contributed by atoms with Crippen LogP contribution in [-0.4, -0.2) is 48.7 Å². The zero-order chi connectivity index (χ0) is 10.8. The van der Waals surface area contributed by atoms with E-state index in [9.17, 15) is 4.79 Å². The van der Waals surface area contributed by atoms with Crippen molar-refractivity contribution in [1.29, 1.82) is 0 Å². The van der Waals surface area contributed by atoms with Crippen molar-refractivity contribution in [3.63, 3.8) is 0 Å². The first-order valence-electron chi connectivity index (χ1n) is 5.80. The van der Waals surface area contributed by atoms with Gasteiger partial charge in [-0.25, -0.2) is 0 Å². The number of nitrogens with zero attached hydrogens (tertiary/aromatic N) is 1. The van der Waals surface area contributed by atoms with Crippen molar-refractivity contribution in [2.24, 2.45) is 0 Å². The third-order valence-corrected chi connectivity index (χ3v) is 2.80. The minimum atomic E-state index is 0.166. The lowest BCUT2D eigenvalue weighted by atomic mass is 10.2. The van der Waals surface area contributed by atoms with Crippen molar-refractivity contribution in [2.75, 3.05) is 19.6 Å². The van der Waals surface area contributed by atoms with Gasteiger partial charge >= 0.3 is 0 Å². The van der Waals surface area contributed by atoms with E-state index in [4.69, 9.17) is 4.74 Å². The molecule has 86 valence electrons. The van der Waals surface area contributed by atoms with Gasteiger partial charge in [-0.3, -0.25) is 9.69 Å². The lowest BCUT2D eigenvalue weighted by molar-refractivity contribution is -0.126. The second-order valence-electron chi connectivity index (χ2n) is 4.79. The Kier molecular flexibility index (Phi) is 3.26. The molecule has 2 aliphatic rings. The molecule has 1 saturated carbocycles. The largest absolute Gasteiger partial charge is 0.373 e. The Morgan fingerprint density at radius 2 is 1.93 bits per heavy atom. The Hall–Kier alpha value is -0.610. The van der Waals surface area contributed by atoms with Crippen LogP contribution in [0.1, 0.15) is 26.7 Å². The molecule has 0 aromatic carbocycles. The van der Waals surface area contributed by atoms with Gasteiger partial charge in [-0.05, 0) is 26.7 Å². The Balaban J connectivity index is 1.74. The minimum absolute atomic E-state index is 0.166. The van der Waals surface area contributed by atoms with Crippen LogP contribution >= 0.6 is 0 Å². The van der Waals surface area contributed by atoms with Gasteiger partial charge in [0.25, 0.3) is 0 Å². The number of hydrogen-bond acceptors (Lipinski definition) is 3. The van der Waals surface area contributed by atoms with E-state index in [0.29, 0.717) is 12.6 Å². The van der Waals surface area contributed by atoms with Crippen LogP contribution in [0.3, 0.4) is 0 Å². The maximum atomic E-state index is 11.6. The predicted molar refractivity (Wildman–Crippen MR) is 57.6 cm³/mol. The summed E-state index contributed by atoms with van der Waals surface area (Å²) in [6.07, 6.45) is 2.79. The summed E-state index contributed by atoms with van der Waals surface area (Å²) in [7, 11) is 0. The topological polar surface area (TPSA) is 41.6 Å². The molecule has 4 nitrogen and oxygen atoms in total. The average Bonchev–Trinajstić information content (AvgIpc) is 2.85. The second-order valence-corrected chi connectivity index (χ2v) is 4.79. The maximum Gasteiger partial charge on any atom is 0.234 e. The molecular weight excluding hydrogens is 192 g/mol. The summed E-state index contributed by atoms with van der Waals surface area (Å²) in [5.41, 5.74) is 0. The lowest BCUT2D eigenvalue weighted by Crippen LogP contribution is -2.49. The molecule has 0 aromatic rings. The van der Waals surface area contributed by atoms with Crippen molar-refractivity contribution in [3.8, 4) is 0 Å². The number of hydrogen-bond donors (Lipinski definition) is 1. The molecule has 15 heavy (non-hydrogen) atoms. The number of amides is 1. The van der Waals surface area contributed by atoms with Crippen LogP contribution < -0.4 is 5.32 Å². The number of rotatable bonds is 3. The Labute approximate surface area is 91.0 Å². The summed E-state index contributed by atoms with van der Waals surface area (Å²) in [6, 6.07) is 0.466. The first-order valence-corrected chi connectivity index (χ1v) is 5.80. The van der Waals surface area contributed by atoms with Crippen molar-refractivity contribution >= 4 is 5.91 Å². The zero-order valence-corrected chi connectivity index (χ0v) is 9.53. The van der Waals surface area contributed by atoms with Crippen LogP contribution in [0, 0.1) is 0 Å². The molecule has 2 rings (SSSR count). The monoisotopic (exact) mass is 212 g/mol. The molecule has 1 aliphatic heterocycles. The van der Waals surface area contributed by atoms with Crippen LogP contribution in [0.5, 0.6) is 0 Å². The summed E-state index contributed by atoms with van der Waals surface area (Å²) in [5, 5.41) is 3.01. The van der Waals surface area contributed by atoms with E-state index < -0.39 is 0 Å². The highest BCUT2D eigenvalue weighted by Crippen LogP contribution is 2.18. The quantitative estimate of drug-likeness (QED) is 0.735.